The number of likely N-dealkylation sites (tertiary alicyclic amines) is 3. The summed E-state index contributed by atoms with van der Waals surface area (Å²) in [5.41, 5.74) is 5.86. The number of nitrogens with one attached hydrogen (secondary N) is 1. The van der Waals surface area contributed by atoms with Gasteiger partial charge in [-0.05, 0) is 57.7 Å². The molecule has 11 heteroatoms. The minimum absolute atomic E-state index is 0.0503. The molecule has 4 atom stereocenters. The van der Waals surface area contributed by atoms with E-state index in [9.17, 15) is 24.4 Å². The second kappa shape index (κ2) is 10.4. The van der Waals surface area contributed by atoms with Crippen molar-refractivity contribution in [1.82, 2.24) is 20.0 Å². The Kier molecular flexibility index (Phi) is 7.41. The van der Waals surface area contributed by atoms with Gasteiger partial charge in [0, 0.05) is 37.8 Å². The van der Waals surface area contributed by atoms with Gasteiger partial charge in [-0.2, -0.15) is 5.26 Å². The number of ether oxygens (including phenoxy) is 1. The van der Waals surface area contributed by atoms with E-state index in [4.69, 9.17) is 10.5 Å². The van der Waals surface area contributed by atoms with Gasteiger partial charge in [0.05, 0.1) is 12.1 Å². The Bertz CT molecular complexity index is 1130. The summed E-state index contributed by atoms with van der Waals surface area (Å²) >= 11 is 0. The molecule has 3 aliphatic heterocycles. The van der Waals surface area contributed by atoms with Crippen molar-refractivity contribution in [3.8, 4) is 6.07 Å². The molecule has 3 heterocycles. The van der Waals surface area contributed by atoms with Crippen molar-refractivity contribution < 1.29 is 23.9 Å². The van der Waals surface area contributed by atoms with Gasteiger partial charge in [0.1, 0.15) is 17.7 Å². The lowest BCUT2D eigenvalue weighted by atomic mass is 10.1. The fourth-order valence-electron chi connectivity index (χ4n) is 5.40. The van der Waals surface area contributed by atoms with Crippen molar-refractivity contribution in [1.29, 1.82) is 5.26 Å². The van der Waals surface area contributed by atoms with Gasteiger partial charge in [-0.15, -0.1) is 0 Å². The second-order valence-electron chi connectivity index (χ2n) is 10.9. The zero-order valence-electron chi connectivity index (χ0n) is 21.5. The van der Waals surface area contributed by atoms with E-state index in [-0.39, 0.29) is 24.4 Å². The first-order valence-corrected chi connectivity index (χ1v) is 12.6. The van der Waals surface area contributed by atoms with E-state index in [0.717, 1.165) is 12.0 Å². The number of carbonyl (C=O) groups is 4. The quantitative estimate of drug-likeness (QED) is 0.555. The lowest BCUT2D eigenvalue weighted by Crippen LogP contribution is -2.58. The van der Waals surface area contributed by atoms with E-state index in [1.54, 1.807) is 43.9 Å². The lowest BCUT2D eigenvalue weighted by molar-refractivity contribution is -0.140. The Morgan fingerprint density at radius 2 is 2.05 bits per heavy atom. The van der Waals surface area contributed by atoms with Crippen LogP contribution in [0.3, 0.4) is 0 Å². The number of rotatable bonds is 7. The molecule has 1 aromatic carbocycles. The first-order chi connectivity index (χ1) is 17.5. The van der Waals surface area contributed by atoms with Crippen molar-refractivity contribution in [2.24, 2.45) is 5.73 Å². The van der Waals surface area contributed by atoms with Gasteiger partial charge in [0.25, 0.3) is 0 Å². The molecule has 4 amide bonds. The summed E-state index contributed by atoms with van der Waals surface area (Å²) in [6.45, 7) is 6.72. The third-order valence-corrected chi connectivity index (χ3v) is 7.05. The maximum Gasteiger partial charge on any atom is 0.408 e. The molecule has 3 aliphatic rings. The summed E-state index contributed by atoms with van der Waals surface area (Å²) < 4.78 is 5.38. The molecule has 11 nitrogen and oxygen atoms in total. The molecule has 0 spiro atoms. The van der Waals surface area contributed by atoms with Crippen LogP contribution in [0.1, 0.15) is 56.0 Å². The number of alkyl carbamates (subject to hydrolysis) is 1. The van der Waals surface area contributed by atoms with Crippen LogP contribution < -0.4 is 11.1 Å². The maximum atomic E-state index is 13.4. The third-order valence-electron chi connectivity index (χ3n) is 7.05. The predicted octanol–water partition coefficient (Wildman–Crippen LogP) is 0.978. The van der Waals surface area contributed by atoms with Gasteiger partial charge in [0.15, 0.2) is 0 Å². The highest BCUT2D eigenvalue weighted by Crippen LogP contribution is 2.33. The fourth-order valence-corrected chi connectivity index (χ4v) is 5.40. The minimum atomic E-state index is -0.948. The van der Waals surface area contributed by atoms with Gasteiger partial charge < -0.3 is 25.6 Å². The van der Waals surface area contributed by atoms with Crippen molar-refractivity contribution in [3.63, 3.8) is 0 Å². The van der Waals surface area contributed by atoms with E-state index in [0.29, 0.717) is 38.0 Å². The number of nitriles is 1. The number of amides is 4. The smallest absolute Gasteiger partial charge is 0.408 e. The van der Waals surface area contributed by atoms with Crippen molar-refractivity contribution in [2.75, 3.05) is 19.6 Å². The van der Waals surface area contributed by atoms with Crippen LogP contribution in [0.15, 0.2) is 24.3 Å². The number of hydrogen-bond acceptors (Lipinski definition) is 7. The Labute approximate surface area is 216 Å². The summed E-state index contributed by atoms with van der Waals surface area (Å²) in [5, 5.41) is 12.2. The zero-order chi connectivity index (χ0) is 26.9. The van der Waals surface area contributed by atoms with Crippen LogP contribution in [0.4, 0.5) is 4.79 Å². The molecular weight excluding hydrogens is 476 g/mol. The number of piperazine rings is 1. The first kappa shape index (κ1) is 26.4. The van der Waals surface area contributed by atoms with Crippen LogP contribution in [-0.2, 0) is 20.9 Å². The maximum absolute atomic E-state index is 13.4. The summed E-state index contributed by atoms with van der Waals surface area (Å²) in [4.78, 5) is 56.0. The number of benzene rings is 1. The topological polar surface area (TPSA) is 149 Å². The van der Waals surface area contributed by atoms with Gasteiger partial charge in [-0.3, -0.25) is 19.3 Å². The molecule has 3 saturated heterocycles. The van der Waals surface area contributed by atoms with Crippen molar-refractivity contribution in [3.05, 3.63) is 35.4 Å². The lowest BCUT2D eigenvalue weighted by Gasteiger charge is -2.36. The highest BCUT2D eigenvalue weighted by molar-refractivity contribution is 5.93. The fraction of sp³-hybridized carbons (Fsp3) is 0.577. The molecule has 198 valence electrons. The molecule has 0 aliphatic carbocycles. The summed E-state index contributed by atoms with van der Waals surface area (Å²) in [5.74, 6) is -0.919. The van der Waals surface area contributed by atoms with Gasteiger partial charge in [-0.25, -0.2) is 4.79 Å². The number of hydrogen-bond donors (Lipinski definition) is 2. The number of carbonyl (C=O) groups excluding carboxylic acids is 4. The summed E-state index contributed by atoms with van der Waals surface area (Å²) in [6, 6.07) is 7.15. The van der Waals surface area contributed by atoms with Crippen LogP contribution in [0.5, 0.6) is 0 Å². The molecule has 0 aromatic heterocycles. The Balaban J connectivity index is 1.45. The van der Waals surface area contributed by atoms with Crippen LogP contribution in [0.2, 0.25) is 0 Å². The van der Waals surface area contributed by atoms with Crippen LogP contribution in [0, 0.1) is 11.3 Å². The standard InChI is InChI=1S/C26H34N6O5/c1-26(2,3)37-25(36)29-20(23(34)31-9-5-8-18(31)12-27)15-30-14-19-11-21(30)24(35)32(19)13-16-6-4-7-17(10-16)22(28)33/h4,6-7,10,18-21H,5,8-9,11,13-15H2,1-3H3,(H2,28,33)(H,29,36)/t18?,19-,20?,21-/m0/s1. The molecule has 3 fully saturated rings. The largest absolute Gasteiger partial charge is 0.444 e. The summed E-state index contributed by atoms with van der Waals surface area (Å²) in [6.07, 6.45) is 1.22. The van der Waals surface area contributed by atoms with Crippen LogP contribution >= 0.6 is 0 Å². The molecule has 2 bridgehead atoms. The molecule has 3 N–H and O–H groups in total. The molecule has 0 saturated carbocycles. The van der Waals surface area contributed by atoms with Crippen molar-refractivity contribution >= 4 is 23.8 Å². The molecule has 1 aromatic rings. The Morgan fingerprint density at radius 3 is 2.70 bits per heavy atom. The first-order valence-electron chi connectivity index (χ1n) is 12.6. The molecule has 4 rings (SSSR count). The Hall–Kier alpha value is -3.65. The number of nitrogens with two attached hydrogens (primary N) is 1. The summed E-state index contributed by atoms with van der Waals surface area (Å²) in [7, 11) is 0. The van der Waals surface area contributed by atoms with Gasteiger partial charge in [0.2, 0.25) is 17.7 Å². The SMILES string of the molecule is CC(C)(C)OC(=O)NC(CN1C[C@@H]2C[C@H]1C(=O)N2Cc1cccc(C(N)=O)c1)C(=O)N1CCCC1C#N. The van der Waals surface area contributed by atoms with Crippen LogP contribution in [0.25, 0.3) is 0 Å². The number of nitrogens with zero attached hydrogens (tertiary/aromatic N) is 4. The molecule has 0 radical (unpaired) electrons. The van der Waals surface area contributed by atoms with Crippen LogP contribution in [-0.4, -0.2) is 87.9 Å². The van der Waals surface area contributed by atoms with E-state index in [1.165, 1.54) is 4.90 Å². The van der Waals surface area contributed by atoms with E-state index >= 15 is 0 Å². The molecule has 37 heavy (non-hydrogen) atoms. The third kappa shape index (κ3) is 5.85. The van der Waals surface area contributed by atoms with E-state index in [2.05, 4.69) is 11.4 Å². The molecular formula is C26H34N6O5. The number of fused-ring (bicyclic) bond motifs is 2. The Morgan fingerprint density at radius 1 is 1.30 bits per heavy atom. The van der Waals surface area contributed by atoms with E-state index < -0.39 is 35.7 Å². The minimum Gasteiger partial charge on any atom is -0.444 e. The average molecular weight is 511 g/mol. The normalized spacial score (nSPS) is 24.2. The molecule has 2 unspecified atom stereocenters. The second-order valence-corrected chi connectivity index (χ2v) is 10.9. The van der Waals surface area contributed by atoms with Gasteiger partial charge in [-0.1, -0.05) is 12.1 Å². The van der Waals surface area contributed by atoms with Crippen molar-refractivity contribution in [2.45, 2.75) is 76.3 Å². The highest BCUT2D eigenvalue weighted by atomic mass is 16.6. The highest BCUT2D eigenvalue weighted by Gasteiger charge is 2.50. The van der Waals surface area contributed by atoms with Gasteiger partial charge >= 0.3 is 6.09 Å². The number of primary amides is 1. The average Bonchev–Trinajstić information content (AvgIpc) is 3.53. The predicted molar refractivity (Wildman–Crippen MR) is 133 cm³/mol. The van der Waals surface area contributed by atoms with E-state index in [1.807, 2.05) is 11.0 Å². The zero-order valence-corrected chi connectivity index (χ0v) is 21.5. The monoisotopic (exact) mass is 510 g/mol.